The summed E-state index contributed by atoms with van der Waals surface area (Å²) in [5.41, 5.74) is 2.04. The van der Waals surface area contributed by atoms with Gasteiger partial charge in [0.15, 0.2) is 0 Å². The molecular weight excluding hydrogens is 236 g/mol. The predicted molar refractivity (Wildman–Crippen MR) is 67.3 cm³/mol. The van der Waals surface area contributed by atoms with Gasteiger partial charge in [-0.2, -0.15) is 4.72 Å². The first-order valence-corrected chi connectivity index (χ1v) is 6.86. The molecule has 0 saturated carbocycles. The number of benzene rings is 1. The summed E-state index contributed by atoms with van der Waals surface area (Å²) in [6.45, 7) is 2.49. The van der Waals surface area contributed by atoms with Crippen molar-refractivity contribution in [2.24, 2.45) is 0 Å². The molecule has 0 aromatic heterocycles. The van der Waals surface area contributed by atoms with Gasteiger partial charge in [-0.3, -0.25) is 0 Å². The van der Waals surface area contributed by atoms with Gasteiger partial charge in [-0.15, -0.1) is 6.42 Å². The van der Waals surface area contributed by atoms with E-state index in [0.29, 0.717) is 0 Å². The molecule has 0 fully saturated rings. The Balaban J connectivity index is 2.32. The van der Waals surface area contributed by atoms with Gasteiger partial charge in [0.2, 0.25) is 10.0 Å². The maximum absolute atomic E-state index is 12.0. The molecule has 0 aliphatic carbocycles. The smallest absolute Gasteiger partial charge is 0.241 e. The first-order valence-electron chi connectivity index (χ1n) is 5.38. The van der Waals surface area contributed by atoms with E-state index in [1.54, 1.807) is 25.1 Å². The number of hydrogen-bond acceptors (Lipinski definition) is 3. The summed E-state index contributed by atoms with van der Waals surface area (Å²) in [5, 5.41) is 3.18. The minimum Gasteiger partial charge on any atom is -0.384 e. The molecule has 2 N–H and O–H groups in total. The molecule has 0 bridgehead atoms. The summed E-state index contributed by atoms with van der Waals surface area (Å²) >= 11 is 0. The van der Waals surface area contributed by atoms with Gasteiger partial charge in [0.1, 0.15) is 0 Å². The second kappa shape index (κ2) is 4.40. The molecular formula is C12H14N2O2S. The van der Waals surface area contributed by atoms with E-state index in [1.165, 1.54) is 0 Å². The number of terminal acetylenes is 1. The summed E-state index contributed by atoms with van der Waals surface area (Å²) < 4.78 is 26.4. The SMILES string of the molecule is C#CC(C)NS(=O)(=O)c1ccc2c(c1)CCN2. The number of nitrogens with one attached hydrogen (secondary N) is 2. The Hall–Kier alpha value is -1.51. The van der Waals surface area contributed by atoms with Gasteiger partial charge >= 0.3 is 0 Å². The molecule has 4 nitrogen and oxygen atoms in total. The van der Waals surface area contributed by atoms with Gasteiger partial charge in [0.05, 0.1) is 10.9 Å². The monoisotopic (exact) mass is 250 g/mol. The molecule has 90 valence electrons. The van der Waals surface area contributed by atoms with Crippen molar-refractivity contribution in [2.45, 2.75) is 24.3 Å². The molecule has 1 aromatic rings. The average Bonchev–Trinajstić information content (AvgIpc) is 2.75. The number of rotatable bonds is 3. The fourth-order valence-corrected chi connectivity index (χ4v) is 3.00. The molecule has 0 spiro atoms. The minimum atomic E-state index is -3.51. The van der Waals surface area contributed by atoms with Gasteiger partial charge in [-0.25, -0.2) is 8.42 Å². The lowest BCUT2D eigenvalue weighted by molar-refractivity contribution is 0.577. The maximum Gasteiger partial charge on any atom is 0.241 e. The molecule has 1 atom stereocenters. The van der Waals surface area contributed by atoms with E-state index in [0.717, 1.165) is 24.2 Å². The Labute approximate surface area is 101 Å². The van der Waals surface area contributed by atoms with Gasteiger partial charge in [0.25, 0.3) is 0 Å². The summed E-state index contributed by atoms with van der Waals surface area (Å²) in [4.78, 5) is 0.266. The van der Waals surface area contributed by atoms with Crippen molar-refractivity contribution >= 4 is 15.7 Å². The molecule has 5 heteroatoms. The minimum absolute atomic E-state index is 0.266. The fraction of sp³-hybridized carbons (Fsp3) is 0.333. The van der Waals surface area contributed by atoms with Gasteiger partial charge in [-0.05, 0) is 37.1 Å². The molecule has 0 amide bonds. The first-order chi connectivity index (χ1) is 8.03. The second-order valence-electron chi connectivity index (χ2n) is 4.01. The highest BCUT2D eigenvalue weighted by molar-refractivity contribution is 7.89. The van der Waals surface area contributed by atoms with Crippen molar-refractivity contribution in [1.29, 1.82) is 0 Å². The summed E-state index contributed by atoms with van der Waals surface area (Å²) in [6, 6.07) is 4.56. The van der Waals surface area contributed by atoms with E-state index in [9.17, 15) is 8.42 Å². The highest BCUT2D eigenvalue weighted by Gasteiger charge is 2.19. The van der Waals surface area contributed by atoms with Crippen LogP contribution in [0.25, 0.3) is 0 Å². The lowest BCUT2D eigenvalue weighted by Gasteiger charge is -2.10. The maximum atomic E-state index is 12.0. The number of anilines is 1. The third-order valence-corrected chi connectivity index (χ3v) is 4.22. The summed E-state index contributed by atoms with van der Waals surface area (Å²) in [7, 11) is -3.51. The van der Waals surface area contributed by atoms with Crippen LogP contribution in [0.15, 0.2) is 23.1 Å². The van der Waals surface area contributed by atoms with Crippen LogP contribution in [0.2, 0.25) is 0 Å². The lowest BCUT2D eigenvalue weighted by Crippen LogP contribution is -2.31. The average molecular weight is 250 g/mol. The van der Waals surface area contributed by atoms with Crippen molar-refractivity contribution < 1.29 is 8.42 Å². The number of sulfonamides is 1. The molecule has 1 aliphatic heterocycles. The van der Waals surface area contributed by atoms with Crippen LogP contribution in [-0.4, -0.2) is 21.0 Å². The highest BCUT2D eigenvalue weighted by atomic mass is 32.2. The van der Waals surface area contributed by atoms with Crippen molar-refractivity contribution in [1.82, 2.24) is 4.72 Å². The zero-order valence-corrected chi connectivity index (χ0v) is 10.3. The largest absolute Gasteiger partial charge is 0.384 e. The van der Waals surface area contributed by atoms with E-state index >= 15 is 0 Å². The Morgan fingerprint density at radius 3 is 3.00 bits per heavy atom. The Kier molecular flexibility index (Phi) is 3.09. The highest BCUT2D eigenvalue weighted by Crippen LogP contribution is 2.24. The fourth-order valence-electron chi connectivity index (χ4n) is 1.78. The van der Waals surface area contributed by atoms with Crippen molar-refractivity contribution in [3.63, 3.8) is 0 Å². The van der Waals surface area contributed by atoms with Gasteiger partial charge in [-0.1, -0.05) is 5.92 Å². The molecule has 1 aliphatic rings. The van der Waals surface area contributed by atoms with Crippen LogP contribution in [-0.2, 0) is 16.4 Å². The van der Waals surface area contributed by atoms with E-state index in [1.807, 2.05) is 0 Å². The quantitative estimate of drug-likeness (QED) is 0.785. The topological polar surface area (TPSA) is 58.2 Å². The first kappa shape index (κ1) is 12.0. The van der Waals surface area contributed by atoms with Crippen LogP contribution in [0.5, 0.6) is 0 Å². The van der Waals surface area contributed by atoms with Crippen LogP contribution in [0, 0.1) is 12.3 Å². The van der Waals surface area contributed by atoms with Crippen molar-refractivity contribution in [3.05, 3.63) is 23.8 Å². The Bertz CT molecular complexity index is 573. The van der Waals surface area contributed by atoms with E-state index < -0.39 is 16.1 Å². The summed E-state index contributed by atoms with van der Waals surface area (Å²) in [6.07, 6.45) is 6.01. The third kappa shape index (κ3) is 2.43. The normalized spacial score (nSPS) is 15.8. The van der Waals surface area contributed by atoms with E-state index in [-0.39, 0.29) is 4.90 Å². The second-order valence-corrected chi connectivity index (χ2v) is 5.72. The summed E-state index contributed by atoms with van der Waals surface area (Å²) in [5.74, 6) is 2.34. The molecule has 2 rings (SSSR count). The number of fused-ring (bicyclic) bond motifs is 1. The van der Waals surface area contributed by atoms with Gasteiger partial charge < -0.3 is 5.32 Å². The molecule has 1 aromatic carbocycles. The lowest BCUT2D eigenvalue weighted by atomic mass is 10.2. The molecule has 17 heavy (non-hydrogen) atoms. The van der Waals surface area contributed by atoms with Crippen molar-refractivity contribution in [3.8, 4) is 12.3 Å². The molecule has 0 radical (unpaired) electrons. The predicted octanol–water partition coefficient (Wildman–Crippen LogP) is 0.955. The standard InChI is InChI=1S/C12H14N2O2S/c1-3-9(2)14-17(15,16)11-4-5-12-10(8-11)6-7-13-12/h1,4-5,8-9,13-14H,6-7H2,2H3. The van der Waals surface area contributed by atoms with Crippen LogP contribution in [0.1, 0.15) is 12.5 Å². The van der Waals surface area contributed by atoms with E-state index in [4.69, 9.17) is 6.42 Å². The van der Waals surface area contributed by atoms with Crippen LogP contribution in [0.3, 0.4) is 0 Å². The molecule has 1 unspecified atom stereocenters. The zero-order chi connectivity index (χ0) is 12.5. The number of hydrogen-bond donors (Lipinski definition) is 2. The zero-order valence-electron chi connectivity index (χ0n) is 9.53. The van der Waals surface area contributed by atoms with Crippen LogP contribution >= 0.6 is 0 Å². The Morgan fingerprint density at radius 2 is 2.29 bits per heavy atom. The van der Waals surface area contributed by atoms with Crippen LogP contribution < -0.4 is 10.0 Å². The third-order valence-electron chi connectivity index (χ3n) is 2.68. The van der Waals surface area contributed by atoms with Crippen LogP contribution in [0.4, 0.5) is 5.69 Å². The molecule has 0 saturated heterocycles. The molecule has 1 heterocycles. The van der Waals surface area contributed by atoms with Gasteiger partial charge in [0, 0.05) is 12.2 Å². The van der Waals surface area contributed by atoms with E-state index in [2.05, 4.69) is 16.0 Å². The Morgan fingerprint density at radius 1 is 1.53 bits per heavy atom. The van der Waals surface area contributed by atoms with Crippen molar-refractivity contribution in [2.75, 3.05) is 11.9 Å².